The van der Waals surface area contributed by atoms with E-state index in [4.69, 9.17) is 24.3 Å². The van der Waals surface area contributed by atoms with Crippen molar-refractivity contribution in [3.63, 3.8) is 0 Å². The van der Waals surface area contributed by atoms with Gasteiger partial charge in [0, 0.05) is 19.4 Å². The van der Waals surface area contributed by atoms with E-state index in [0.29, 0.717) is 12.8 Å². The molecular weight excluding hydrogens is 677 g/mol. The monoisotopic (exact) mass is 752 g/mol. The normalized spacial score (nSPS) is 14.0. The number of phosphoric ester groups is 1. The summed E-state index contributed by atoms with van der Waals surface area (Å²) in [5.74, 6) is -0.876. The van der Waals surface area contributed by atoms with Gasteiger partial charge in [0.1, 0.15) is 6.61 Å². The van der Waals surface area contributed by atoms with Crippen molar-refractivity contribution in [2.24, 2.45) is 5.73 Å². The van der Waals surface area contributed by atoms with E-state index in [1.54, 1.807) is 0 Å². The van der Waals surface area contributed by atoms with E-state index in [9.17, 15) is 19.0 Å². The van der Waals surface area contributed by atoms with Crippen LogP contribution in [-0.2, 0) is 32.7 Å². The fourth-order valence-electron chi connectivity index (χ4n) is 5.07. The number of carbonyl (C=O) groups is 2. The van der Waals surface area contributed by atoms with Crippen molar-refractivity contribution in [2.45, 2.75) is 168 Å². The van der Waals surface area contributed by atoms with Crippen LogP contribution in [-0.4, -0.2) is 49.3 Å². The second kappa shape index (κ2) is 38.4. The molecule has 0 rings (SSSR count). The Morgan fingerprint density at radius 1 is 0.577 bits per heavy atom. The van der Waals surface area contributed by atoms with Crippen molar-refractivity contribution in [3.8, 4) is 0 Å². The number of carbonyl (C=O) groups excluding carboxylic acids is 2. The average Bonchev–Trinajstić information content (AvgIpc) is 3.13. The summed E-state index contributed by atoms with van der Waals surface area (Å²) in [6.45, 7) is 3.60. The molecule has 0 heterocycles. The Bertz CT molecular complexity index is 1040. The first-order valence-electron chi connectivity index (χ1n) is 20.3. The first-order valence-corrected chi connectivity index (χ1v) is 21.8. The molecule has 0 fully saturated rings. The quantitative estimate of drug-likeness (QED) is 0.0275. The molecule has 0 amide bonds. The molecule has 0 saturated carbocycles. The molecule has 0 aliphatic carbocycles. The summed E-state index contributed by atoms with van der Waals surface area (Å²) in [5, 5.41) is 0. The topological polar surface area (TPSA) is 134 Å². The van der Waals surface area contributed by atoms with Gasteiger partial charge in [0.25, 0.3) is 0 Å². The standard InChI is InChI=1S/C42H74NO8P/c1-3-5-7-9-11-13-15-17-19-20-21-23-25-27-29-31-33-35-42(45)51-40(39-50-52(46,47)49-37-36-43)38-48-41(44)34-32-30-28-26-24-22-18-16-14-12-10-8-6-4-2/h10-13,16-19,21,23,40H,3-9,14-15,20,22,24-39,43H2,1-2H3,(H,46,47)/b12-10-,13-11-,18-16-,19-17-,23-21-/t40-/m1/s1. The van der Waals surface area contributed by atoms with Crippen molar-refractivity contribution < 1.29 is 37.6 Å². The van der Waals surface area contributed by atoms with Crippen LogP contribution in [0.15, 0.2) is 60.8 Å². The number of phosphoric acid groups is 1. The first-order chi connectivity index (χ1) is 25.3. The average molecular weight is 752 g/mol. The van der Waals surface area contributed by atoms with Crippen molar-refractivity contribution in [1.29, 1.82) is 0 Å². The van der Waals surface area contributed by atoms with E-state index >= 15 is 0 Å². The molecule has 1 unspecified atom stereocenters. The molecule has 9 nitrogen and oxygen atoms in total. The van der Waals surface area contributed by atoms with Crippen LogP contribution in [0.5, 0.6) is 0 Å². The first kappa shape index (κ1) is 49.7. The van der Waals surface area contributed by atoms with Gasteiger partial charge in [-0.2, -0.15) is 0 Å². The summed E-state index contributed by atoms with van der Waals surface area (Å²) < 4.78 is 32.7. The molecule has 0 aromatic rings. The number of unbranched alkanes of at least 4 members (excludes halogenated alkanes) is 14. The molecule has 2 atom stereocenters. The molecule has 0 aliphatic rings. The molecule has 0 aliphatic heterocycles. The lowest BCUT2D eigenvalue weighted by Crippen LogP contribution is -2.29. The zero-order chi connectivity index (χ0) is 38.2. The SMILES string of the molecule is CCCC/C=C\C/C=C\CCCCCCCC(=O)OC[C@H](COP(=O)(O)OCCN)OC(=O)CCCCCC/C=C\C/C=C\C/C=C\CCCCC. The summed E-state index contributed by atoms with van der Waals surface area (Å²) >= 11 is 0. The van der Waals surface area contributed by atoms with Crippen LogP contribution in [0.4, 0.5) is 0 Å². The smallest absolute Gasteiger partial charge is 0.462 e. The van der Waals surface area contributed by atoms with Crippen molar-refractivity contribution in [2.75, 3.05) is 26.4 Å². The maximum atomic E-state index is 12.5. The van der Waals surface area contributed by atoms with E-state index in [0.717, 1.165) is 83.5 Å². The summed E-state index contributed by atoms with van der Waals surface area (Å²) in [5.41, 5.74) is 5.33. The number of allylic oxidation sites excluding steroid dienone is 10. The van der Waals surface area contributed by atoms with Crippen LogP contribution in [0.25, 0.3) is 0 Å². The predicted molar refractivity (Wildman–Crippen MR) is 215 cm³/mol. The maximum Gasteiger partial charge on any atom is 0.472 e. The van der Waals surface area contributed by atoms with Crippen molar-refractivity contribution in [1.82, 2.24) is 0 Å². The molecule has 300 valence electrons. The minimum absolute atomic E-state index is 0.0447. The molecule has 0 spiro atoms. The lowest BCUT2D eigenvalue weighted by Gasteiger charge is -2.19. The zero-order valence-electron chi connectivity index (χ0n) is 32.8. The molecular formula is C42H74NO8P. The van der Waals surface area contributed by atoms with E-state index in [1.165, 1.54) is 38.5 Å². The minimum Gasteiger partial charge on any atom is -0.462 e. The minimum atomic E-state index is -4.39. The summed E-state index contributed by atoms with van der Waals surface area (Å²) in [4.78, 5) is 34.8. The Labute approximate surface area is 317 Å². The zero-order valence-corrected chi connectivity index (χ0v) is 33.7. The summed E-state index contributed by atoms with van der Waals surface area (Å²) in [7, 11) is -4.39. The second-order valence-electron chi connectivity index (χ2n) is 13.1. The lowest BCUT2D eigenvalue weighted by molar-refractivity contribution is -0.161. The van der Waals surface area contributed by atoms with Gasteiger partial charge in [-0.15, -0.1) is 0 Å². The third-order valence-electron chi connectivity index (χ3n) is 8.13. The van der Waals surface area contributed by atoms with E-state index in [2.05, 4.69) is 74.6 Å². The van der Waals surface area contributed by atoms with Gasteiger partial charge in [0.05, 0.1) is 13.2 Å². The van der Waals surface area contributed by atoms with Gasteiger partial charge in [-0.25, -0.2) is 4.57 Å². The summed E-state index contributed by atoms with van der Waals surface area (Å²) in [6.07, 6.45) is 43.9. The molecule has 0 aromatic heterocycles. The molecule has 0 saturated heterocycles. The van der Waals surface area contributed by atoms with E-state index in [-0.39, 0.29) is 32.6 Å². The maximum absolute atomic E-state index is 12.5. The Balaban J connectivity index is 4.28. The number of rotatable bonds is 37. The van der Waals surface area contributed by atoms with Crippen LogP contribution in [0, 0.1) is 0 Å². The highest BCUT2D eigenvalue weighted by molar-refractivity contribution is 7.47. The number of ether oxygens (including phenoxy) is 2. The number of esters is 2. The Kier molecular flexibility index (Phi) is 36.7. The fourth-order valence-corrected chi connectivity index (χ4v) is 5.83. The molecule has 52 heavy (non-hydrogen) atoms. The summed E-state index contributed by atoms with van der Waals surface area (Å²) in [6, 6.07) is 0. The van der Waals surface area contributed by atoms with Crippen LogP contribution in [0.1, 0.15) is 162 Å². The second-order valence-corrected chi connectivity index (χ2v) is 14.6. The molecule has 0 bridgehead atoms. The number of hydrogen-bond donors (Lipinski definition) is 2. The van der Waals surface area contributed by atoms with Crippen LogP contribution < -0.4 is 5.73 Å². The van der Waals surface area contributed by atoms with Gasteiger partial charge < -0.3 is 20.1 Å². The van der Waals surface area contributed by atoms with Gasteiger partial charge in [-0.3, -0.25) is 18.6 Å². The van der Waals surface area contributed by atoms with Gasteiger partial charge >= 0.3 is 19.8 Å². The molecule has 3 N–H and O–H groups in total. The van der Waals surface area contributed by atoms with Gasteiger partial charge in [0.2, 0.25) is 0 Å². The largest absolute Gasteiger partial charge is 0.472 e. The van der Waals surface area contributed by atoms with Crippen LogP contribution >= 0.6 is 7.82 Å². The predicted octanol–water partition coefficient (Wildman–Crippen LogP) is 11.3. The van der Waals surface area contributed by atoms with Crippen molar-refractivity contribution >= 4 is 19.8 Å². The third kappa shape index (κ3) is 37.5. The van der Waals surface area contributed by atoms with E-state index < -0.39 is 32.5 Å². The number of hydrogen-bond acceptors (Lipinski definition) is 8. The highest BCUT2D eigenvalue weighted by Gasteiger charge is 2.25. The van der Waals surface area contributed by atoms with Gasteiger partial charge in [-0.1, -0.05) is 132 Å². The van der Waals surface area contributed by atoms with Gasteiger partial charge in [-0.05, 0) is 77.0 Å². The Hall–Kier alpha value is -2.29. The lowest BCUT2D eigenvalue weighted by atomic mass is 10.1. The van der Waals surface area contributed by atoms with E-state index in [1.807, 2.05) is 0 Å². The van der Waals surface area contributed by atoms with Crippen LogP contribution in [0.3, 0.4) is 0 Å². The Morgan fingerprint density at radius 2 is 1.02 bits per heavy atom. The fraction of sp³-hybridized carbons (Fsp3) is 0.714. The highest BCUT2D eigenvalue weighted by Crippen LogP contribution is 2.43. The van der Waals surface area contributed by atoms with Crippen molar-refractivity contribution in [3.05, 3.63) is 60.8 Å². The molecule has 0 radical (unpaired) electrons. The number of nitrogens with two attached hydrogens (primary N) is 1. The molecule has 10 heteroatoms. The highest BCUT2D eigenvalue weighted by atomic mass is 31.2. The third-order valence-corrected chi connectivity index (χ3v) is 9.11. The van der Waals surface area contributed by atoms with Gasteiger partial charge in [0.15, 0.2) is 6.10 Å². The Morgan fingerprint density at radius 3 is 1.54 bits per heavy atom. The van der Waals surface area contributed by atoms with Crippen LogP contribution in [0.2, 0.25) is 0 Å². The molecule has 0 aromatic carbocycles.